The quantitative estimate of drug-likeness (QED) is 0.550. The molecule has 0 aromatic heterocycles. The molecule has 0 N–H and O–H groups in total. The van der Waals surface area contributed by atoms with Gasteiger partial charge >= 0.3 is 0 Å². The third-order valence-electron chi connectivity index (χ3n) is 8.37. The standard InChI is InChI=1S/C27H40ClN3O4S/c1-18(2)26(32)31(22-11-5-19(3)6-12-22)23-13-14-29(15-23)27(33)25-17-30(36(4,34)35)16-24(25)20-7-9-21(28)10-8-20/h7-10,18-19,22-25H,5-6,11-17H2,1-4H3/t19?,22?,23-,24-,25+/m0/s1. The van der Waals surface area contributed by atoms with Crippen LogP contribution in [0.25, 0.3) is 0 Å². The van der Waals surface area contributed by atoms with Gasteiger partial charge in [-0.25, -0.2) is 12.7 Å². The molecule has 1 aromatic rings. The summed E-state index contributed by atoms with van der Waals surface area (Å²) >= 11 is 6.07. The molecule has 2 heterocycles. The fourth-order valence-corrected chi connectivity index (χ4v) is 7.21. The van der Waals surface area contributed by atoms with E-state index < -0.39 is 15.9 Å². The van der Waals surface area contributed by atoms with Gasteiger partial charge in [0.05, 0.1) is 18.2 Å². The Kier molecular flexibility index (Phi) is 8.37. The molecule has 3 atom stereocenters. The number of nitrogens with zero attached hydrogens (tertiary/aromatic N) is 3. The summed E-state index contributed by atoms with van der Waals surface area (Å²) in [5.74, 6) is 0.0985. The number of carbonyl (C=O) groups is 2. The molecular formula is C27H40ClN3O4S. The van der Waals surface area contributed by atoms with E-state index in [0.717, 1.165) is 37.7 Å². The summed E-state index contributed by atoms with van der Waals surface area (Å²) in [6.07, 6.45) is 6.28. The lowest BCUT2D eigenvalue weighted by molar-refractivity contribution is -0.142. The highest BCUT2D eigenvalue weighted by Crippen LogP contribution is 2.37. The fraction of sp³-hybridized carbons (Fsp3) is 0.704. The van der Waals surface area contributed by atoms with Gasteiger partial charge in [0.1, 0.15) is 0 Å². The van der Waals surface area contributed by atoms with Crippen molar-refractivity contribution in [2.75, 3.05) is 32.4 Å². The van der Waals surface area contributed by atoms with Crippen LogP contribution in [0.3, 0.4) is 0 Å². The van der Waals surface area contributed by atoms with Gasteiger partial charge in [-0.05, 0) is 55.7 Å². The van der Waals surface area contributed by atoms with Crippen molar-refractivity contribution in [1.82, 2.24) is 14.1 Å². The van der Waals surface area contributed by atoms with Crippen molar-refractivity contribution in [3.8, 4) is 0 Å². The van der Waals surface area contributed by atoms with Crippen LogP contribution in [0.2, 0.25) is 5.02 Å². The van der Waals surface area contributed by atoms with E-state index in [1.165, 1.54) is 10.6 Å². The summed E-state index contributed by atoms with van der Waals surface area (Å²) in [4.78, 5) is 31.1. The molecule has 0 spiro atoms. The Morgan fingerprint density at radius 2 is 1.61 bits per heavy atom. The minimum atomic E-state index is -3.42. The molecule has 0 unspecified atom stereocenters. The van der Waals surface area contributed by atoms with Gasteiger partial charge < -0.3 is 9.80 Å². The molecule has 9 heteroatoms. The highest BCUT2D eigenvalue weighted by Gasteiger charge is 2.46. The summed E-state index contributed by atoms with van der Waals surface area (Å²) in [5, 5.41) is 0.606. The Labute approximate surface area is 221 Å². The van der Waals surface area contributed by atoms with Gasteiger partial charge in [-0.1, -0.05) is 44.5 Å². The van der Waals surface area contributed by atoms with Crippen LogP contribution < -0.4 is 0 Å². The minimum absolute atomic E-state index is 0.0159. The van der Waals surface area contributed by atoms with Crippen LogP contribution >= 0.6 is 11.6 Å². The Balaban J connectivity index is 1.52. The minimum Gasteiger partial charge on any atom is -0.340 e. The van der Waals surface area contributed by atoms with E-state index >= 15 is 0 Å². The van der Waals surface area contributed by atoms with Crippen molar-refractivity contribution in [3.63, 3.8) is 0 Å². The van der Waals surface area contributed by atoms with Crippen molar-refractivity contribution in [3.05, 3.63) is 34.9 Å². The van der Waals surface area contributed by atoms with Crippen LogP contribution in [0.15, 0.2) is 24.3 Å². The zero-order valence-corrected chi connectivity index (χ0v) is 23.5. The van der Waals surface area contributed by atoms with Crippen molar-refractivity contribution >= 4 is 33.4 Å². The second-order valence-corrected chi connectivity index (χ2v) is 13.8. The third kappa shape index (κ3) is 5.91. The topological polar surface area (TPSA) is 78.0 Å². The second kappa shape index (κ2) is 11.0. The Hall–Kier alpha value is -1.64. The van der Waals surface area contributed by atoms with Crippen molar-refractivity contribution in [2.24, 2.45) is 17.8 Å². The maximum Gasteiger partial charge on any atom is 0.227 e. The van der Waals surface area contributed by atoms with E-state index in [9.17, 15) is 18.0 Å². The number of sulfonamides is 1. The first-order valence-electron chi connectivity index (χ1n) is 13.3. The Morgan fingerprint density at radius 1 is 0.972 bits per heavy atom. The van der Waals surface area contributed by atoms with E-state index in [1.807, 2.05) is 30.9 Å². The summed E-state index contributed by atoms with van der Waals surface area (Å²) in [7, 11) is -3.42. The predicted octanol–water partition coefficient (Wildman–Crippen LogP) is 3.98. The van der Waals surface area contributed by atoms with E-state index in [1.54, 1.807) is 12.1 Å². The van der Waals surface area contributed by atoms with Crippen molar-refractivity contribution in [2.45, 2.75) is 70.9 Å². The number of carbonyl (C=O) groups excluding carboxylic acids is 2. The van der Waals surface area contributed by atoms with Gasteiger partial charge in [-0.2, -0.15) is 0 Å². The van der Waals surface area contributed by atoms with E-state index in [0.29, 0.717) is 24.0 Å². The van der Waals surface area contributed by atoms with Gasteiger partial charge in [0.15, 0.2) is 0 Å². The van der Waals surface area contributed by atoms with Crippen LogP contribution in [0.5, 0.6) is 0 Å². The molecule has 1 aromatic carbocycles. The zero-order chi connectivity index (χ0) is 26.2. The molecule has 3 fully saturated rings. The summed E-state index contributed by atoms with van der Waals surface area (Å²) < 4.78 is 26.2. The van der Waals surface area contributed by atoms with Gasteiger partial charge in [-0.15, -0.1) is 0 Å². The Morgan fingerprint density at radius 3 is 2.19 bits per heavy atom. The number of benzene rings is 1. The normalized spacial score (nSPS) is 29.6. The smallest absolute Gasteiger partial charge is 0.227 e. The number of amides is 2. The largest absolute Gasteiger partial charge is 0.340 e. The first kappa shape index (κ1) is 27.4. The number of rotatable bonds is 6. The lowest BCUT2D eigenvalue weighted by Crippen LogP contribution is -2.51. The first-order chi connectivity index (χ1) is 17.0. The molecule has 200 valence electrons. The van der Waals surface area contributed by atoms with Gasteiger partial charge in [0.25, 0.3) is 0 Å². The maximum absolute atomic E-state index is 13.8. The fourth-order valence-electron chi connectivity index (χ4n) is 6.22. The lowest BCUT2D eigenvalue weighted by atomic mass is 9.85. The van der Waals surface area contributed by atoms with Crippen LogP contribution in [-0.4, -0.2) is 78.9 Å². The molecule has 3 aliphatic rings. The predicted molar refractivity (Wildman–Crippen MR) is 142 cm³/mol. The molecule has 0 bridgehead atoms. The number of halogens is 1. The van der Waals surface area contributed by atoms with E-state index in [2.05, 4.69) is 11.8 Å². The average Bonchev–Trinajstić information content (AvgIpc) is 3.48. The van der Waals surface area contributed by atoms with Crippen LogP contribution in [0.4, 0.5) is 0 Å². The summed E-state index contributed by atoms with van der Waals surface area (Å²) in [5.41, 5.74) is 0.924. The molecule has 0 radical (unpaired) electrons. The number of hydrogen-bond donors (Lipinski definition) is 0. The molecule has 1 saturated carbocycles. The molecular weight excluding hydrogens is 498 g/mol. The van der Waals surface area contributed by atoms with E-state index in [4.69, 9.17) is 11.6 Å². The van der Waals surface area contributed by atoms with Crippen LogP contribution in [0, 0.1) is 17.8 Å². The second-order valence-electron chi connectivity index (χ2n) is 11.4. The molecule has 7 nitrogen and oxygen atoms in total. The van der Waals surface area contributed by atoms with Gasteiger partial charge in [-0.3, -0.25) is 9.59 Å². The maximum atomic E-state index is 13.8. The lowest BCUT2D eigenvalue weighted by Gasteiger charge is -2.41. The summed E-state index contributed by atoms with van der Waals surface area (Å²) in [6.45, 7) is 7.76. The molecule has 36 heavy (non-hydrogen) atoms. The van der Waals surface area contributed by atoms with Crippen LogP contribution in [0.1, 0.15) is 64.4 Å². The molecule has 1 aliphatic carbocycles. The highest BCUT2D eigenvalue weighted by molar-refractivity contribution is 7.88. The van der Waals surface area contributed by atoms with Crippen molar-refractivity contribution in [1.29, 1.82) is 0 Å². The van der Waals surface area contributed by atoms with Crippen LogP contribution in [-0.2, 0) is 19.6 Å². The van der Waals surface area contributed by atoms with Gasteiger partial charge in [0, 0.05) is 49.1 Å². The van der Waals surface area contributed by atoms with Crippen molar-refractivity contribution < 1.29 is 18.0 Å². The first-order valence-corrected chi connectivity index (χ1v) is 15.5. The number of likely N-dealkylation sites (tertiary alicyclic amines) is 1. The SMILES string of the molecule is CC1CCC(N(C(=O)C(C)C)[C@H]2CCN(C(=O)[C@@H]3CN(S(C)(=O)=O)C[C@H]3c3ccc(Cl)cc3)C2)CC1. The average molecular weight is 538 g/mol. The molecule has 4 rings (SSSR count). The third-order valence-corrected chi connectivity index (χ3v) is 9.85. The molecule has 2 amide bonds. The molecule has 2 saturated heterocycles. The highest BCUT2D eigenvalue weighted by atomic mass is 35.5. The van der Waals surface area contributed by atoms with Gasteiger partial charge in [0.2, 0.25) is 21.8 Å². The summed E-state index contributed by atoms with van der Waals surface area (Å²) in [6, 6.07) is 7.61. The zero-order valence-electron chi connectivity index (χ0n) is 21.9. The Bertz CT molecular complexity index is 1050. The van der Waals surface area contributed by atoms with E-state index in [-0.39, 0.29) is 48.8 Å². The molecule has 2 aliphatic heterocycles. The number of hydrogen-bond acceptors (Lipinski definition) is 4. The monoisotopic (exact) mass is 537 g/mol.